The van der Waals surface area contributed by atoms with Crippen molar-refractivity contribution in [3.63, 3.8) is 0 Å². The van der Waals surface area contributed by atoms with Gasteiger partial charge in [-0.05, 0) is 56.2 Å². The largest absolute Gasteiger partial charge is 0.496 e. The summed E-state index contributed by atoms with van der Waals surface area (Å²) in [7, 11) is 1.68. The first-order valence-electron chi connectivity index (χ1n) is 9.23. The van der Waals surface area contributed by atoms with Gasteiger partial charge in [0.15, 0.2) is 5.82 Å². The van der Waals surface area contributed by atoms with E-state index in [2.05, 4.69) is 25.8 Å². The van der Waals surface area contributed by atoms with Gasteiger partial charge in [-0.1, -0.05) is 18.2 Å². The third kappa shape index (κ3) is 5.57. The van der Waals surface area contributed by atoms with Gasteiger partial charge in [0, 0.05) is 12.2 Å². The number of ether oxygens (including phenoxy) is 2. The van der Waals surface area contributed by atoms with Crippen LogP contribution >= 0.6 is 0 Å². The van der Waals surface area contributed by atoms with Gasteiger partial charge in [-0.25, -0.2) is 0 Å². The van der Waals surface area contributed by atoms with E-state index in [1.165, 1.54) is 0 Å². The summed E-state index contributed by atoms with van der Waals surface area (Å²) in [4.78, 5) is 4.45. The van der Waals surface area contributed by atoms with E-state index in [0.717, 1.165) is 29.2 Å². The molecule has 0 unspecified atom stereocenters. The second-order valence-corrected chi connectivity index (χ2v) is 6.47. The number of para-hydroxylation sites is 1. The van der Waals surface area contributed by atoms with Crippen LogP contribution in [0.2, 0.25) is 0 Å². The predicted octanol–water partition coefficient (Wildman–Crippen LogP) is 4.07. The fourth-order valence-corrected chi connectivity index (χ4v) is 2.69. The third-order valence-electron chi connectivity index (χ3n) is 3.93. The Morgan fingerprint density at radius 2 is 1.82 bits per heavy atom. The topological polar surface area (TPSA) is 81.2 Å². The maximum absolute atomic E-state index is 5.65. The van der Waals surface area contributed by atoms with Crippen LogP contribution in [0.3, 0.4) is 0 Å². The van der Waals surface area contributed by atoms with Crippen LogP contribution in [0.25, 0.3) is 0 Å². The van der Waals surface area contributed by atoms with Crippen molar-refractivity contribution in [3.8, 4) is 11.5 Å². The minimum Gasteiger partial charge on any atom is -0.496 e. The van der Waals surface area contributed by atoms with Crippen LogP contribution in [0.15, 0.2) is 54.7 Å². The van der Waals surface area contributed by atoms with Gasteiger partial charge < -0.3 is 20.1 Å². The minimum atomic E-state index is 0.148. The van der Waals surface area contributed by atoms with Crippen molar-refractivity contribution in [2.45, 2.75) is 26.4 Å². The van der Waals surface area contributed by atoms with E-state index in [9.17, 15) is 0 Å². The molecule has 1 aromatic heterocycles. The minimum absolute atomic E-state index is 0.148. The highest BCUT2D eigenvalue weighted by Crippen LogP contribution is 2.20. The molecule has 0 saturated heterocycles. The van der Waals surface area contributed by atoms with E-state index in [-0.39, 0.29) is 6.10 Å². The van der Waals surface area contributed by atoms with E-state index >= 15 is 0 Å². The standard InChI is InChI=1S/C21H25N5O2/c1-15(2)28-18-10-8-17(9-11-18)24-20-14-23-26-21(25-20)22-13-12-16-6-4-5-7-19(16)27-3/h4-11,14-15H,12-13H2,1-3H3,(H2,22,24,25,26). The van der Waals surface area contributed by atoms with Crippen molar-refractivity contribution >= 4 is 17.5 Å². The zero-order valence-electron chi connectivity index (χ0n) is 16.3. The van der Waals surface area contributed by atoms with Gasteiger partial charge in [0.25, 0.3) is 0 Å². The van der Waals surface area contributed by atoms with Gasteiger partial charge in [0.05, 0.1) is 19.4 Å². The van der Waals surface area contributed by atoms with E-state index in [1.807, 2.05) is 62.4 Å². The van der Waals surface area contributed by atoms with Gasteiger partial charge in [-0.2, -0.15) is 10.1 Å². The first-order valence-corrected chi connectivity index (χ1v) is 9.23. The van der Waals surface area contributed by atoms with Gasteiger partial charge in [-0.3, -0.25) is 0 Å². The molecule has 3 aromatic rings. The van der Waals surface area contributed by atoms with E-state index in [0.29, 0.717) is 18.3 Å². The van der Waals surface area contributed by atoms with Crippen LogP contribution in [-0.2, 0) is 6.42 Å². The van der Waals surface area contributed by atoms with Gasteiger partial charge >= 0.3 is 0 Å². The van der Waals surface area contributed by atoms with E-state index < -0.39 is 0 Å². The number of aromatic nitrogens is 3. The van der Waals surface area contributed by atoms with Gasteiger partial charge in [-0.15, -0.1) is 5.10 Å². The average Bonchev–Trinajstić information content (AvgIpc) is 2.70. The Morgan fingerprint density at radius 1 is 1.04 bits per heavy atom. The molecule has 2 N–H and O–H groups in total. The number of methoxy groups -OCH3 is 1. The number of benzene rings is 2. The molecular formula is C21H25N5O2. The molecule has 0 bridgehead atoms. The van der Waals surface area contributed by atoms with Crippen molar-refractivity contribution in [1.29, 1.82) is 0 Å². The molecule has 0 saturated carbocycles. The quantitative estimate of drug-likeness (QED) is 0.580. The molecule has 0 spiro atoms. The second-order valence-electron chi connectivity index (χ2n) is 6.47. The van der Waals surface area contributed by atoms with Crippen LogP contribution in [0.4, 0.5) is 17.5 Å². The van der Waals surface area contributed by atoms with E-state index in [4.69, 9.17) is 9.47 Å². The van der Waals surface area contributed by atoms with E-state index in [1.54, 1.807) is 13.3 Å². The molecule has 0 aliphatic heterocycles. The predicted molar refractivity (Wildman–Crippen MR) is 111 cm³/mol. The first-order chi connectivity index (χ1) is 13.6. The summed E-state index contributed by atoms with van der Waals surface area (Å²) in [6.07, 6.45) is 2.53. The number of anilines is 3. The maximum Gasteiger partial charge on any atom is 0.244 e. The maximum atomic E-state index is 5.65. The highest BCUT2D eigenvalue weighted by atomic mass is 16.5. The van der Waals surface area contributed by atoms with Crippen LogP contribution in [0.1, 0.15) is 19.4 Å². The lowest BCUT2D eigenvalue weighted by Crippen LogP contribution is -2.10. The smallest absolute Gasteiger partial charge is 0.244 e. The molecular weight excluding hydrogens is 354 g/mol. The highest BCUT2D eigenvalue weighted by molar-refractivity contribution is 5.57. The Kier molecular flexibility index (Phi) is 6.62. The fourth-order valence-electron chi connectivity index (χ4n) is 2.69. The third-order valence-corrected chi connectivity index (χ3v) is 3.93. The Balaban J connectivity index is 1.56. The average molecular weight is 379 g/mol. The molecule has 0 atom stereocenters. The van der Waals surface area contributed by atoms with Crippen LogP contribution in [0, 0.1) is 0 Å². The monoisotopic (exact) mass is 379 g/mol. The van der Waals surface area contributed by atoms with Gasteiger partial charge in [0.2, 0.25) is 5.95 Å². The number of hydrogen-bond donors (Lipinski definition) is 2. The Labute approximate surface area is 165 Å². The zero-order valence-corrected chi connectivity index (χ0v) is 16.3. The molecule has 0 radical (unpaired) electrons. The fraction of sp³-hybridized carbons (Fsp3) is 0.286. The lowest BCUT2D eigenvalue weighted by molar-refractivity contribution is 0.242. The van der Waals surface area contributed by atoms with Crippen molar-refractivity contribution in [1.82, 2.24) is 15.2 Å². The number of hydrogen-bond acceptors (Lipinski definition) is 7. The van der Waals surface area contributed by atoms with Crippen molar-refractivity contribution in [2.75, 3.05) is 24.3 Å². The molecule has 0 fully saturated rings. The molecule has 7 nitrogen and oxygen atoms in total. The molecule has 2 aromatic carbocycles. The number of nitrogens with one attached hydrogen (secondary N) is 2. The molecule has 3 rings (SSSR count). The normalized spacial score (nSPS) is 10.6. The highest BCUT2D eigenvalue weighted by Gasteiger charge is 2.04. The summed E-state index contributed by atoms with van der Waals surface area (Å²) in [5.74, 6) is 2.80. The molecule has 0 aliphatic carbocycles. The summed E-state index contributed by atoms with van der Waals surface area (Å²) in [6, 6.07) is 15.7. The summed E-state index contributed by atoms with van der Waals surface area (Å²) >= 11 is 0. The molecule has 1 heterocycles. The molecule has 0 aliphatic rings. The SMILES string of the molecule is COc1ccccc1CCNc1nncc(Nc2ccc(OC(C)C)cc2)n1. The summed E-state index contributed by atoms with van der Waals surface area (Å²) in [5.41, 5.74) is 2.03. The molecule has 146 valence electrons. The van der Waals surface area contributed by atoms with Crippen LogP contribution in [-0.4, -0.2) is 34.9 Å². The van der Waals surface area contributed by atoms with Crippen LogP contribution in [0.5, 0.6) is 11.5 Å². The lowest BCUT2D eigenvalue weighted by Gasteiger charge is -2.11. The Morgan fingerprint density at radius 3 is 2.57 bits per heavy atom. The van der Waals surface area contributed by atoms with Gasteiger partial charge in [0.1, 0.15) is 11.5 Å². The molecule has 28 heavy (non-hydrogen) atoms. The summed E-state index contributed by atoms with van der Waals surface area (Å²) in [6.45, 7) is 4.68. The van der Waals surface area contributed by atoms with Crippen molar-refractivity contribution in [3.05, 3.63) is 60.3 Å². The van der Waals surface area contributed by atoms with Crippen LogP contribution < -0.4 is 20.1 Å². The van der Waals surface area contributed by atoms with Crippen molar-refractivity contribution in [2.24, 2.45) is 0 Å². The summed E-state index contributed by atoms with van der Waals surface area (Å²) in [5, 5.41) is 14.5. The molecule has 7 heteroatoms. The number of rotatable bonds is 9. The Hall–Kier alpha value is -3.35. The van der Waals surface area contributed by atoms with Crippen molar-refractivity contribution < 1.29 is 9.47 Å². The Bertz CT molecular complexity index is 884. The lowest BCUT2D eigenvalue weighted by atomic mass is 10.1. The first kappa shape index (κ1) is 19.4. The molecule has 0 amide bonds. The number of nitrogens with zero attached hydrogens (tertiary/aromatic N) is 3. The second kappa shape index (κ2) is 9.55. The zero-order chi connectivity index (χ0) is 19.8. The summed E-state index contributed by atoms with van der Waals surface area (Å²) < 4.78 is 11.0.